The molecule has 7 rings (SSSR count). The third-order valence-electron chi connectivity index (χ3n) is 12.0. The highest BCUT2D eigenvalue weighted by atomic mass is 16.5. The molecule has 200 valence electrons. The van der Waals surface area contributed by atoms with E-state index in [0.29, 0.717) is 29.5 Å². The smallest absolute Gasteiger partial charge is 0.160 e. The van der Waals surface area contributed by atoms with Crippen molar-refractivity contribution in [2.75, 3.05) is 7.11 Å². The third-order valence-corrected chi connectivity index (χ3v) is 12.0. The molecule has 1 N–H and O–H groups in total. The Morgan fingerprint density at radius 1 is 0.973 bits per heavy atom. The molecule has 0 spiro atoms. The maximum absolute atomic E-state index is 14.1. The standard InChI is InChI=1S/C31H43N3O3/c1-30(36)13-11-20-18(16-30)7-9-24-21(20)12-14-31(2)28(24)22-5-4-6-23(22)29(31)27(35)17-34-32-25-10-8-19(37-3)15-26(25)33-34/h8,10,15,18,20-24,28-29,36H,4-7,9,11-14,16-17H2,1-3H3/t18?,20-,21+,22+,23-,24?,28?,29+,30+,31-/m0/s1. The third kappa shape index (κ3) is 3.71. The van der Waals surface area contributed by atoms with Crippen LogP contribution in [0.15, 0.2) is 18.2 Å². The van der Waals surface area contributed by atoms with Crippen molar-refractivity contribution in [1.82, 2.24) is 15.0 Å². The summed E-state index contributed by atoms with van der Waals surface area (Å²) in [4.78, 5) is 15.8. The Kier molecular flexibility index (Phi) is 5.56. The van der Waals surface area contributed by atoms with Crippen molar-refractivity contribution >= 4 is 16.8 Å². The summed E-state index contributed by atoms with van der Waals surface area (Å²) in [7, 11) is 1.66. The van der Waals surface area contributed by atoms with Gasteiger partial charge in [-0.15, -0.1) is 0 Å². The summed E-state index contributed by atoms with van der Waals surface area (Å²) in [6.07, 6.45) is 12.0. The normalized spacial score (nSPS) is 44.6. The Labute approximate surface area is 220 Å². The van der Waals surface area contributed by atoms with Crippen LogP contribution in [-0.2, 0) is 11.3 Å². The molecule has 1 heterocycles. The van der Waals surface area contributed by atoms with Crippen molar-refractivity contribution < 1.29 is 14.6 Å². The van der Waals surface area contributed by atoms with Crippen molar-refractivity contribution in [1.29, 1.82) is 0 Å². The molecule has 2 aromatic rings. The number of nitrogens with zero attached hydrogens (tertiary/aromatic N) is 3. The first-order valence-corrected chi connectivity index (χ1v) is 14.9. The first-order valence-electron chi connectivity index (χ1n) is 14.9. The molecule has 6 heteroatoms. The molecule has 1 aromatic heterocycles. The van der Waals surface area contributed by atoms with Crippen LogP contribution in [0, 0.1) is 52.8 Å². The minimum Gasteiger partial charge on any atom is -0.497 e. The number of hydrogen-bond donors (Lipinski definition) is 1. The molecule has 0 radical (unpaired) electrons. The van der Waals surface area contributed by atoms with Gasteiger partial charge in [-0.05, 0) is 124 Å². The number of carbonyl (C=O) groups is 1. The molecule has 0 saturated heterocycles. The number of ketones is 1. The molecule has 0 bridgehead atoms. The highest BCUT2D eigenvalue weighted by Gasteiger charge is 2.66. The van der Waals surface area contributed by atoms with E-state index in [1.54, 1.807) is 11.9 Å². The number of hydrogen-bond acceptors (Lipinski definition) is 5. The van der Waals surface area contributed by atoms with Crippen LogP contribution >= 0.6 is 0 Å². The van der Waals surface area contributed by atoms with Crippen LogP contribution in [0.1, 0.15) is 78.1 Å². The zero-order chi connectivity index (χ0) is 25.5. The highest BCUT2D eigenvalue weighted by molar-refractivity contribution is 5.83. The molecular weight excluding hydrogens is 462 g/mol. The molecule has 3 unspecified atom stereocenters. The second-order valence-corrected chi connectivity index (χ2v) is 13.9. The van der Waals surface area contributed by atoms with E-state index in [0.717, 1.165) is 47.4 Å². The predicted molar refractivity (Wildman–Crippen MR) is 142 cm³/mol. The molecule has 6 nitrogen and oxygen atoms in total. The van der Waals surface area contributed by atoms with E-state index in [4.69, 9.17) is 4.74 Å². The second-order valence-electron chi connectivity index (χ2n) is 13.9. The number of aromatic nitrogens is 3. The first kappa shape index (κ1) is 24.1. The molecular formula is C31H43N3O3. The van der Waals surface area contributed by atoms with Crippen molar-refractivity contribution in [2.24, 2.45) is 52.8 Å². The van der Waals surface area contributed by atoms with Gasteiger partial charge in [-0.1, -0.05) is 13.3 Å². The fourth-order valence-corrected chi connectivity index (χ4v) is 10.9. The largest absolute Gasteiger partial charge is 0.497 e. The summed E-state index contributed by atoms with van der Waals surface area (Å²) in [6, 6.07) is 5.71. The topological polar surface area (TPSA) is 77.2 Å². The minimum absolute atomic E-state index is 0.108. The van der Waals surface area contributed by atoms with Gasteiger partial charge in [0, 0.05) is 12.0 Å². The molecule has 5 aliphatic carbocycles. The maximum Gasteiger partial charge on any atom is 0.160 e. The number of Topliss-reactive ketones (excluding diaryl/α,β-unsaturated/α-hetero) is 1. The summed E-state index contributed by atoms with van der Waals surface area (Å²) in [5.41, 5.74) is 1.24. The van der Waals surface area contributed by atoms with E-state index in [1.807, 2.05) is 18.2 Å². The number of ether oxygens (including phenoxy) is 1. The number of rotatable bonds is 4. The molecule has 5 aliphatic rings. The summed E-state index contributed by atoms with van der Waals surface area (Å²) in [5.74, 6) is 6.25. The Morgan fingerprint density at radius 3 is 2.57 bits per heavy atom. The molecule has 0 aliphatic heterocycles. The fraction of sp³-hybridized carbons (Fsp3) is 0.774. The second kappa shape index (κ2) is 8.53. The average Bonchev–Trinajstić information content (AvgIpc) is 3.54. The molecule has 37 heavy (non-hydrogen) atoms. The van der Waals surface area contributed by atoms with Crippen LogP contribution in [0.5, 0.6) is 5.75 Å². The Balaban J connectivity index is 1.15. The van der Waals surface area contributed by atoms with Crippen LogP contribution in [0.25, 0.3) is 11.0 Å². The lowest BCUT2D eigenvalue weighted by Crippen LogP contribution is -2.52. The Morgan fingerprint density at radius 2 is 1.73 bits per heavy atom. The zero-order valence-corrected chi connectivity index (χ0v) is 22.7. The van der Waals surface area contributed by atoms with Gasteiger partial charge < -0.3 is 9.84 Å². The van der Waals surface area contributed by atoms with Gasteiger partial charge in [0.2, 0.25) is 0 Å². The zero-order valence-electron chi connectivity index (χ0n) is 22.7. The summed E-state index contributed by atoms with van der Waals surface area (Å²) < 4.78 is 5.34. The van der Waals surface area contributed by atoms with E-state index in [9.17, 15) is 9.90 Å². The Hall–Kier alpha value is -1.95. The van der Waals surface area contributed by atoms with E-state index in [-0.39, 0.29) is 17.9 Å². The van der Waals surface area contributed by atoms with E-state index in [2.05, 4.69) is 24.0 Å². The number of carbonyl (C=O) groups excluding carboxylic acids is 1. The number of benzene rings is 1. The lowest BCUT2D eigenvalue weighted by Gasteiger charge is -2.57. The summed E-state index contributed by atoms with van der Waals surface area (Å²) >= 11 is 0. The van der Waals surface area contributed by atoms with Crippen molar-refractivity contribution in [3.05, 3.63) is 18.2 Å². The van der Waals surface area contributed by atoms with Gasteiger partial charge in [0.05, 0.1) is 12.7 Å². The monoisotopic (exact) mass is 505 g/mol. The van der Waals surface area contributed by atoms with Gasteiger partial charge in [0.1, 0.15) is 23.3 Å². The lowest BCUT2D eigenvalue weighted by atomic mass is 9.48. The molecule has 5 fully saturated rings. The number of aliphatic hydroxyl groups is 1. The Bertz CT molecular complexity index is 1210. The van der Waals surface area contributed by atoms with Gasteiger partial charge >= 0.3 is 0 Å². The highest BCUT2D eigenvalue weighted by Crippen LogP contribution is 2.70. The van der Waals surface area contributed by atoms with Crippen LogP contribution in [0.4, 0.5) is 0 Å². The summed E-state index contributed by atoms with van der Waals surface area (Å²) in [5, 5.41) is 20.1. The van der Waals surface area contributed by atoms with Crippen LogP contribution in [-0.4, -0.2) is 38.6 Å². The minimum atomic E-state index is -0.463. The van der Waals surface area contributed by atoms with Gasteiger partial charge in [-0.25, -0.2) is 0 Å². The number of methoxy groups -OCH3 is 1. The van der Waals surface area contributed by atoms with Gasteiger partial charge in [0.15, 0.2) is 5.78 Å². The van der Waals surface area contributed by atoms with Gasteiger partial charge in [-0.3, -0.25) is 4.79 Å². The van der Waals surface area contributed by atoms with Crippen molar-refractivity contribution in [3.63, 3.8) is 0 Å². The van der Waals surface area contributed by atoms with Gasteiger partial charge in [-0.2, -0.15) is 15.0 Å². The molecule has 5 saturated carbocycles. The molecule has 10 atom stereocenters. The van der Waals surface area contributed by atoms with Crippen LogP contribution in [0.3, 0.4) is 0 Å². The molecule has 0 amide bonds. The SMILES string of the molecule is COc1ccc2nn(CC(=O)[C@H]3[C@H]4CCC[C@H]4C4C5CCC6C[C@](C)(O)CC[C@@H]6[C@H]5CC[C@@]43C)nc2c1. The van der Waals surface area contributed by atoms with E-state index >= 15 is 0 Å². The van der Waals surface area contributed by atoms with E-state index < -0.39 is 5.60 Å². The van der Waals surface area contributed by atoms with Crippen molar-refractivity contribution in [3.8, 4) is 5.75 Å². The average molecular weight is 506 g/mol. The predicted octanol–water partition coefficient (Wildman–Crippen LogP) is 5.66. The van der Waals surface area contributed by atoms with Crippen molar-refractivity contribution in [2.45, 2.75) is 90.2 Å². The lowest BCUT2D eigenvalue weighted by molar-refractivity contribution is -0.135. The molecule has 1 aromatic carbocycles. The van der Waals surface area contributed by atoms with Crippen LogP contribution < -0.4 is 4.74 Å². The summed E-state index contributed by atoms with van der Waals surface area (Å²) in [6.45, 7) is 4.82. The van der Waals surface area contributed by atoms with E-state index in [1.165, 1.54) is 51.4 Å². The first-order chi connectivity index (χ1) is 17.8. The maximum atomic E-state index is 14.1. The number of fused-ring (bicyclic) bond motifs is 8. The fourth-order valence-electron chi connectivity index (χ4n) is 10.9. The van der Waals surface area contributed by atoms with Gasteiger partial charge in [0.25, 0.3) is 0 Å². The van der Waals surface area contributed by atoms with Crippen LogP contribution in [0.2, 0.25) is 0 Å². The quantitative estimate of drug-likeness (QED) is 0.580.